The topological polar surface area (TPSA) is 52.6 Å². The summed E-state index contributed by atoms with van der Waals surface area (Å²) in [6, 6.07) is 13.3. The predicted octanol–water partition coefficient (Wildman–Crippen LogP) is 6.91. The summed E-state index contributed by atoms with van der Waals surface area (Å²) in [7, 11) is 0. The summed E-state index contributed by atoms with van der Waals surface area (Å²) in [5, 5.41) is 0. The number of esters is 2. The van der Waals surface area contributed by atoms with Crippen LogP contribution in [0.3, 0.4) is 0 Å². The van der Waals surface area contributed by atoms with Gasteiger partial charge in [-0.15, -0.1) is 0 Å². The Morgan fingerprint density at radius 3 is 1.53 bits per heavy atom. The van der Waals surface area contributed by atoms with Crippen molar-refractivity contribution in [3.63, 3.8) is 0 Å². The zero-order valence-corrected chi connectivity index (χ0v) is 20.0. The van der Waals surface area contributed by atoms with Crippen molar-refractivity contribution in [2.24, 2.45) is 11.8 Å². The number of carbonyl (C=O) groups is 2. The van der Waals surface area contributed by atoms with E-state index in [1.54, 1.807) is 0 Å². The predicted molar refractivity (Wildman–Crippen MR) is 129 cm³/mol. The molecule has 2 aliphatic carbocycles. The Balaban J connectivity index is 1.17. The van der Waals surface area contributed by atoms with Gasteiger partial charge in [-0.25, -0.2) is 14.0 Å². The van der Waals surface area contributed by atoms with Gasteiger partial charge in [0, 0.05) is 0 Å². The van der Waals surface area contributed by atoms with Crippen molar-refractivity contribution < 1.29 is 23.5 Å². The molecule has 0 radical (unpaired) electrons. The third-order valence-electron chi connectivity index (χ3n) is 7.46. The molecular formula is C29H35FO4. The van der Waals surface area contributed by atoms with Gasteiger partial charge in [0.25, 0.3) is 0 Å². The molecule has 0 aromatic heterocycles. The number of ether oxygens (including phenoxy) is 2. The minimum atomic E-state index is -0.370. The number of hydrogen-bond acceptors (Lipinski definition) is 4. The Morgan fingerprint density at radius 2 is 1.12 bits per heavy atom. The summed E-state index contributed by atoms with van der Waals surface area (Å²) in [6.45, 7) is 2.15. The highest BCUT2D eigenvalue weighted by atomic mass is 19.1. The van der Waals surface area contributed by atoms with E-state index in [1.807, 2.05) is 24.3 Å². The number of rotatable bonds is 7. The molecule has 182 valence electrons. The molecule has 2 fully saturated rings. The highest BCUT2D eigenvalue weighted by Gasteiger charge is 2.33. The van der Waals surface area contributed by atoms with E-state index in [2.05, 4.69) is 6.92 Å². The van der Waals surface area contributed by atoms with Crippen LogP contribution in [0.1, 0.15) is 91.0 Å². The first kappa shape index (κ1) is 24.4. The van der Waals surface area contributed by atoms with Gasteiger partial charge in [0.15, 0.2) is 0 Å². The van der Waals surface area contributed by atoms with Gasteiger partial charge >= 0.3 is 11.9 Å². The van der Waals surface area contributed by atoms with Crippen LogP contribution in [0.25, 0.3) is 0 Å². The second-order valence-electron chi connectivity index (χ2n) is 9.84. The number of carbonyl (C=O) groups excluding carboxylic acids is 2. The summed E-state index contributed by atoms with van der Waals surface area (Å²) in [5.74, 6) is 0.351. The van der Waals surface area contributed by atoms with E-state index in [1.165, 1.54) is 29.8 Å². The minimum Gasteiger partial charge on any atom is -0.459 e. The standard InChI is InChI=1S/C29H35FO4/c1-2-3-20-4-6-23(7-5-20)28(31)33-26-16-10-21(11-17-26)22-12-18-27(19-13-22)34-29(32)24-8-14-25(30)15-9-24/h4-9,14-15,21-22,26-27H,2-3,10-13,16-19H2,1H3/t21-,22-,26-,27-. The summed E-state index contributed by atoms with van der Waals surface area (Å²) in [4.78, 5) is 24.8. The van der Waals surface area contributed by atoms with Crippen molar-refractivity contribution in [2.75, 3.05) is 0 Å². The maximum Gasteiger partial charge on any atom is 0.338 e. The fourth-order valence-electron chi connectivity index (χ4n) is 5.48. The lowest BCUT2D eigenvalue weighted by Crippen LogP contribution is -2.32. The van der Waals surface area contributed by atoms with Crippen molar-refractivity contribution >= 4 is 11.9 Å². The van der Waals surface area contributed by atoms with Crippen LogP contribution in [0, 0.1) is 17.7 Å². The third kappa shape index (κ3) is 6.46. The second kappa shape index (κ2) is 11.6. The number of hydrogen-bond donors (Lipinski definition) is 0. The van der Waals surface area contributed by atoms with Crippen molar-refractivity contribution in [1.82, 2.24) is 0 Å². The number of aryl methyl sites for hydroxylation is 1. The van der Waals surface area contributed by atoms with Crippen LogP contribution in [0.5, 0.6) is 0 Å². The Morgan fingerprint density at radius 1 is 0.706 bits per heavy atom. The van der Waals surface area contributed by atoms with Gasteiger partial charge < -0.3 is 9.47 Å². The first-order valence-corrected chi connectivity index (χ1v) is 12.8. The lowest BCUT2D eigenvalue weighted by atomic mass is 9.72. The smallest absolute Gasteiger partial charge is 0.338 e. The van der Waals surface area contributed by atoms with Crippen LogP contribution in [0.2, 0.25) is 0 Å². The Hall–Kier alpha value is -2.69. The molecule has 0 saturated heterocycles. The zero-order chi connectivity index (χ0) is 23.9. The molecule has 2 aromatic carbocycles. The fraction of sp³-hybridized carbons (Fsp3) is 0.517. The van der Waals surface area contributed by atoms with Gasteiger partial charge in [0.1, 0.15) is 18.0 Å². The Labute approximate surface area is 201 Å². The van der Waals surface area contributed by atoms with Gasteiger partial charge in [-0.05, 0) is 112 Å². The molecule has 2 saturated carbocycles. The maximum absolute atomic E-state index is 13.1. The van der Waals surface area contributed by atoms with Crippen molar-refractivity contribution in [3.05, 3.63) is 71.0 Å². The van der Waals surface area contributed by atoms with Crippen LogP contribution in [0.4, 0.5) is 4.39 Å². The largest absolute Gasteiger partial charge is 0.459 e. The zero-order valence-electron chi connectivity index (χ0n) is 20.0. The molecule has 34 heavy (non-hydrogen) atoms. The van der Waals surface area contributed by atoms with E-state index < -0.39 is 0 Å². The molecule has 5 heteroatoms. The molecule has 0 aliphatic heterocycles. The van der Waals surface area contributed by atoms with Crippen molar-refractivity contribution in [2.45, 2.75) is 83.3 Å². The van der Waals surface area contributed by atoms with E-state index in [4.69, 9.17) is 9.47 Å². The van der Waals surface area contributed by atoms with Crippen LogP contribution in [0.15, 0.2) is 48.5 Å². The second-order valence-corrected chi connectivity index (χ2v) is 9.84. The van der Waals surface area contributed by atoms with Crippen LogP contribution in [-0.4, -0.2) is 24.1 Å². The number of halogens is 1. The lowest BCUT2D eigenvalue weighted by Gasteiger charge is -2.37. The maximum atomic E-state index is 13.1. The van der Waals surface area contributed by atoms with E-state index in [-0.39, 0.29) is 30.0 Å². The molecule has 0 spiro atoms. The minimum absolute atomic E-state index is 0.00655. The molecular weight excluding hydrogens is 431 g/mol. The molecule has 0 N–H and O–H groups in total. The van der Waals surface area contributed by atoms with E-state index in [9.17, 15) is 14.0 Å². The summed E-state index contributed by atoms with van der Waals surface area (Å²) in [6.07, 6.45) is 9.93. The highest BCUT2D eigenvalue weighted by Crippen LogP contribution is 2.39. The fourth-order valence-corrected chi connectivity index (χ4v) is 5.48. The van der Waals surface area contributed by atoms with Gasteiger partial charge in [-0.1, -0.05) is 25.5 Å². The molecule has 2 aromatic rings. The molecule has 0 amide bonds. The van der Waals surface area contributed by atoms with Gasteiger partial charge in [0.05, 0.1) is 11.1 Å². The molecule has 0 atom stereocenters. The summed E-state index contributed by atoms with van der Waals surface area (Å²) < 4.78 is 24.5. The summed E-state index contributed by atoms with van der Waals surface area (Å²) >= 11 is 0. The van der Waals surface area contributed by atoms with Crippen LogP contribution in [-0.2, 0) is 15.9 Å². The molecule has 0 heterocycles. The van der Waals surface area contributed by atoms with E-state index >= 15 is 0 Å². The molecule has 4 nitrogen and oxygen atoms in total. The molecule has 0 bridgehead atoms. The SMILES string of the molecule is CCCc1ccc(C(=O)O[C@H]2CC[C@H]([C@H]3CC[C@H](OC(=O)c4ccc(F)cc4)CC3)CC2)cc1. The molecule has 0 unspecified atom stereocenters. The van der Waals surface area contributed by atoms with Crippen LogP contribution < -0.4 is 0 Å². The monoisotopic (exact) mass is 466 g/mol. The van der Waals surface area contributed by atoms with E-state index in [0.29, 0.717) is 23.0 Å². The Kier molecular flexibility index (Phi) is 8.36. The third-order valence-corrected chi connectivity index (χ3v) is 7.46. The van der Waals surface area contributed by atoms with Gasteiger partial charge in [0.2, 0.25) is 0 Å². The van der Waals surface area contributed by atoms with Crippen molar-refractivity contribution in [1.29, 1.82) is 0 Å². The molecule has 4 rings (SSSR count). The number of benzene rings is 2. The van der Waals surface area contributed by atoms with Gasteiger partial charge in [-0.3, -0.25) is 0 Å². The molecule has 2 aliphatic rings. The first-order valence-electron chi connectivity index (χ1n) is 12.8. The summed E-state index contributed by atoms with van der Waals surface area (Å²) in [5.41, 5.74) is 2.28. The average molecular weight is 467 g/mol. The first-order chi connectivity index (χ1) is 16.5. The Bertz CT molecular complexity index is 937. The van der Waals surface area contributed by atoms with Gasteiger partial charge in [-0.2, -0.15) is 0 Å². The van der Waals surface area contributed by atoms with Crippen LogP contribution >= 0.6 is 0 Å². The van der Waals surface area contributed by atoms with Crippen molar-refractivity contribution in [3.8, 4) is 0 Å². The average Bonchev–Trinajstić information content (AvgIpc) is 2.86. The quantitative estimate of drug-likeness (QED) is 0.416. The lowest BCUT2D eigenvalue weighted by molar-refractivity contribution is -0.000153. The highest BCUT2D eigenvalue weighted by molar-refractivity contribution is 5.90. The normalized spacial score (nSPS) is 24.9. The van der Waals surface area contributed by atoms with E-state index in [0.717, 1.165) is 64.2 Å².